The Balaban J connectivity index is 2.07. The third kappa shape index (κ3) is 4.76. The maximum Gasteiger partial charge on any atom is 0.123 e. The quantitative estimate of drug-likeness (QED) is 0.433. The minimum atomic E-state index is -0.315. The van der Waals surface area contributed by atoms with Crippen molar-refractivity contribution in [2.75, 3.05) is 7.11 Å². The Kier molecular flexibility index (Phi) is 6.64. The van der Waals surface area contributed by atoms with Crippen LogP contribution in [-0.2, 0) is 6.54 Å². The van der Waals surface area contributed by atoms with Crippen LogP contribution in [0.4, 0.5) is 4.39 Å². The van der Waals surface area contributed by atoms with Crippen LogP contribution in [0.5, 0.6) is 5.75 Å². The topological polar surface area (TPSA) is 45.1 Å². The summed E-state index contributed by atoms with van der Waals surface area (Å²) in [6.45, 7) is 6.48. The van der Waals surface area contributed by atoms with Gasteiger partial charge in [-0.2, -0.15) is 0 Å². The number of hydrogen-bond donors (Lipinski definition) is 2. The molecule has 0 aliphatic carbocycles. The van der Waals surface area contributed by atoms with Gasteiger partial charge in [0.05, 0.1) is 17.8 Å². The largest absolute Gasteiger partial charge is 0.496 e. The van der Waals surface area contributed by atoms with E-state index in [4.69, 9.17) is 22.4 Å². The molecular formula is C21H23FN2OS. The van der Waals surface area contributed by atoms with Crippen molar-refractivity contribution in [3.8, 4) is 5.75 Å². The zero-order valence-electron chi connectivity index (χ0n) is 15.4. The van der Waals surface area contributed by atoms with E-state index in [-0.39, 0.29) is 5.82 Å². The molecule has 0 atom stereocenters. The number of nitrogens with one attached hydrogen (secondary N) is 2. The van der Waals surface area contributed by atoms with Gasteiger partial charge < -0.3 is 10.1 Å². The van der Waals surface area contributed by atoms with Gasteiger partial charge >= 0.3 is 0 Å². The number of ether oxygens (including phenoxy) is 1. The molecule has 0 aliphatic rings. The zero-order chi connectivity index (χ0) is 19.3. The average Bonchev–Trinajstić information content (AvgIpc) is 2.61. The van der Waals surface area contributed by atoms with Crippen LogP contribution < -0.4 is 10.1 Å². The monoisotopic (exact) mass is 370 g/mol. The van der Waals surface area contributed by atoms with Gasteiger partial charge in [0.25, 0.3) is 0 Å². The van der Waals surface area contributed by atoms with E-state index in [1.807, 2.05) is 26.0 Å². The van der Waals surface area contributed by atoms with Crippen molar-refractivity contribution in [3.05, 3.63) is 76.1 Å². The van der Waals surface area contributed by atoms with E-state index in [2.05, 4.69) is 12.2 Å². The molecule has 0 aromatic heterocycles. The van der Waals surface area contributed by atoms with Crippen molar-refractivity contribution in [2.45, 2.75) is 27.3 Å². The van der Waals surface area contributed by atoms with Gasteiger partial charge in [-0.1, -0.05) is 18.3 Å². The second-order valence-electron chi connectivity index (χ2n) is 6.12. The van der Waals surface area contributed by atoms with Crippen molar-refractivity contribution in [3.63, 3.8) is 0 Å². The van der Waals surface area contributed by atoms with Gasteiger partial charge in [-0.05, 0) is 85.0 Å². The van der Waals surface area contributed by atoms with Gasteiger partial charge in [-0.3, -0.25) is 5.41 Å². The molecule has 0 bridgehead atoms. The van der Waals surface area contributed by atoms with Crippen molar-refractivity contribution in [2.24, 2.45) is 0 Å². The molecule has 2 rings (SSSR count). The highest BCUT2D eigenvalue weighted by Gasteiger charge is 2.09. The van der Waals surface area contributed by atoms with E-state index >= 15 is 0 Å². The Hall–Kier alpha value is -2.53. The molecule has 26 heavy (non-hydrogen) atoms. The molecule has 136 valence electrons. The fraction of sp³-hybridized carbons (Fsp3) is 0.238. The number of rotatable bonds is 6. The summed E-state index contributed by atoms with van der Waals surface area (Å²) >= 11 is 5.39. The smallest absolute Gasteiger partial charge is 0.123 e. The lowest BCUT2D eigenvalue weighted by atomic mass is 10.0. The van der Waals surface area contributed by atoms with Crippen LogP contribution in [0.15, 0.2) is 48.0 Å². The Morgan fingerprint density at radius 3 is 2.46 bits per heavy atom. The predicted molar refractivity (Wildman–Crippen MR) is 109 cm³/mol. The highest BCUT2D eigenvalue weighted by atomic mass is 32.1. The Bertz CT molecular complexity index is 857. The van der Waals surface area contributed by atoms with Gasteiger partial charge in [0, 0.05) is 6.54 Å². The third-order valence-electron chi connectivity index (χ3n) is 4.32. The molecule has 0 fully saturated rings. The number of methoxy groups -OCH3 is 1. The van der Waals surface area contributed by atoms with Gasteiger partial charge in [0.1, 0.15) is 11.6 Å². The standard InChI is InChI=1S/C21H23FN2OS/c1-13-5-10-19(25-4)15(3)18(13)12-24-20(26)11-14(2)21(23)16-6-8-17(22)9-7-16/h5-11,23H,12H2,1-4H3,(H,24,26)/b14-11-,23-21?. The van der Waals surface area contributed by atoms with E-state index < -0.39 is 0 Å². The lowest BCUT2D eigenvalue weighted by Crippen LogP contribution is -2.21. The lowest BCUT2D eigenvalue weighted by Gasteiger charge is -2.15. The molecule has 2 aromatic rings. The predicted octanol–water partition coefficient (Wildman–Crippen LogP) is 4.88. The van der Waals surface area contributed by atoms with Crippen LogP contribution in [0.3, 0.4) is 0 Å². The number of allylic oxidation sites excluding steroid dienone is 1. The molecular weight excluding hydrogens is 347 g/mol. The molecule has 0 spiro atoms. The highest BCUT2D eigenvalue weighted by Crippen LogP contribution is 2.24. The minimum absolute atomic E-state index is 0.315. The summed E-state index contributed by atoms with van der Waals surface area (Å²) in [5, 5.41) is 11.4. The molecule has 0 saturated heterocycles. The fourth-order valence-corrected chi connectivity index (χ4v) is 2.95. The minimum Gasteiger partial charge on any atom is -0.496 e. The molecule has 3 nitrogen and oxygen atoms in total. The van der Waals surface area contributed by atoms with Crippen molar-refractivity contribution in [1.82, 2.24) is 5.32 Å². The zero-order valence-corrected chi connectivity index (χ0v) is 16.3. The number of aryl methyl sites for hydroxylation is 1. The maximum absolute atomic E-state index is 13.0. The molecule has 2 aromatic carbocycles. The van der Waals surface area contributed by atoms with E-state index in [0.717, 1.165) is 16.9 Å². The van der Waals surface area contributed by atoms with Gasteiger partial charge in [0.2, 0.25) is 0 Å². The van der Waals surface area contributed by atoms with Crippen LogP contribution in [0.25, 0.3) is 0 Å². The summed E-state index contributed by atoms with van der Waals surface area (Å²) in [5.74, 6) is 0.535. The number of benzene rings is 2. The van der Waals surface area contributed by atoms with Crippen molar-refractivity contribution in [1.29, 1.82) is 5.41 Å². The normalized spacial score (nSPS) is 11.2. The fourth-order valence-electron chi connectivity index (χ4n) is 2.70. The molecule has 0 unspecified atom stereocenters. The summed E-state index contributed by atoms with van der Waals surface area (Å²) in [7, 11) is 1.66. The average molecular weight is 370 g/mol. The molecule has 0 heterocycles. The molecule has 2 N–H and O–H groups in total. The third-order valence-corrected chi connectivity index (χ3v) is 4.58. The summed E-state index contributed by atoms with van der Waals surface area (Å²) < 4.78 is 18.4. The van der Waals surface area contributed by atoms with Gasteiger partial charge in [-0.15, -0.1) is 0 Å². The van der Waals surface area contributed by atoms with Crippen LogP contribution in [0, 0.1) is 25.1 Å². The maximum atomic E-state index is 13.0. The molecule has 0 saturated carbocycles. The summed E-state index contributed by atoms with van der Waals surface area (Å²) in [6, 6.07) is 9.87. The Morgan fingerprint density at radius 1 is 1.19 bits per heavy atom. The Morgan fingerprint density at radius 2 is 1.85 bits per heavy atom. The molecule has 0 amide bonds. The van der Waals surface area contributed by atoms with Gasteiger partial charge in [0.15, 0.2) is 0 Å². The first-order valence-electron chi connectivity index (χ1n) is 8.27. The SMILES string of the molecule is COc1ccc(C)c(CNC(=S)/C=C(/C)C(=N)c2ccc(F)cc2)c1C. The van der Waals surface area contributed by atoms with Gasteiger partial charge in [-0.25, -0.2) is 4.39 Å². The van der Waals surface area contributed by atoms with E-state index in [9.17, 15) is 4.39 Å². The van der Waals surface area contributed by atoms with E-state index in [1.54, 1.807) is 25.3 Å². The summed E-state index contributed by atoms with van der Waals surface area (Å²) in [5.41, 5.74) is 5.09. The molecule has 0 aliphatic heterocycles. The number of thiocarbonyl (C=S) groups is 1. The van der Waals surface area contributed by atoms with Crippen LogP contribution in [0.1, 0.15) is 29.2 Å². The van der Waals surface area contributed by atoms with E-state index in [1.165, 1.54) is 17.7 Å². The first kappa shape index (κ1) is 19.8. The van der Waals surface area contributed by atoms with Crippen LogP contribution in [-0.4, -0.2) is 17.8 Å². The second-order valence-corrected chi connectivity index (χ2v) is 6.56. The van der Waals surface area contributed by atoms with Crippen molar-refractivity contribution < 1.29 is 9.13 Å². The second kappa shape index (κ2) is 8.72. The lowest BCUT2D eigenvalue weighted by molar-refractivity contribution is 0.411. The van der Waals surface area contributed by atoms with E-state index in [0.29, 0.717) is 28.4 Å². The molecule has 0 radical (unpaired) electrons. The first-order valence-corrected chi connectivity index (χ1v) is 8.68. The first-order chi connectivity index (χ1) is 12.3. The number of hydrogen-bond acceptors (Lipinski definition) is 3. The summed E-state index contributed by atoms with van der Waals surface area (Å²) in [4.78, 5) is 0.552. The highest BCUT2D eigenvalue weighted by molar-refractivity contribution is 7.80. The van der Waals surface area contributed by atoms with Crippen LogP contribution >= 0.6 is 12.2 Å². The number of halogens is 1. The van der Waals surface area contributed by atoms with Crippen molar-refractivity contribution >= 4 is 22.9 Å². The molecule has 5 heteroatoms. The van der Waals surface area contributed by atoms with Crippen LogP contribution in [0.2, 0.25) is 0 Å². The summed E-state index contributed by atoms with van der Waals surface area (Å²) in [6.07, 6.45) is 1.76. The Labute approximate surface area is 159 Å².